The predicted molar refractivity (Wildman–Crippen MR) is 51.2 cm³/mol. The van der Waals surface area contributed by atoms with Gasteiger partial charge in [0.05, 0.1) is 6.61 Å². The molecular weight excluding hydrogens is 154 g/mol. The molecule has 1 N–H and O–H groups in total. The first-order valence-electron chi connectivity index (χ1n) is 4.49. The Hall–Kier alpha value is -0.730. The molecule has 3 nitrogen and oxygen atoms in total. The molecular formula is C9H21NO2. The van der Waals surface area contributed by atoms with E-state index in [1.165, 1.54) is 0 Å². The lowest BCUT2D eigenvalue weighted by Gasteiger charge is -2.11. The first kappa shape index (κ1) is 11.3. The Kier molecular flexibility index (Phi) is 5.51. The van der Waals surface area contributed by atoms with Gasteiger partial charge in [-0.2, -0.15) is 0 Å². The summed E-state index contributed by atoms with van der Waals surface area (Å²) in [5, 5.41) is 2.66. The fourth-order valence-electron chi connectivity index (χ4n) is 0.613. The van der Waals surface area contributed by atoms with Crippen molar-refractivity contribution < 1.29 is 11.0 Å². The second kappa shape index (κ2) is 5.86. The van der Waals surface area contributed by atoms with Gasteiger partial charge in [0.15, 0.2) is 0 Å². The molecule has 3 heteroatoms. The van der Waals surface area contributed by atoms with Gasteiger partial charge >= 0.3 is 6.09 Å². The summed E-state index contributed by atoms with van der Waals surface area (Å²) in [5.41, 5.74) is 0. The molecule has 74 valence electrons. The molecule has 0 spiro atoms. The van der Waals surface area contributed by atoms with Gasteiger partial charge in [-0.15, -0.1) is 0 Å². The lowest BCUT2D eigenvalue weighted by molar-refractivity contribution is 0.127. The van der Waals surface area contributed by atoms with Crippen LogP contribution in [0.15, 0.2) is 0 Å². The Bertz CT molecular complexity index is 140. The maximum atomic E-state index is 10.9. The zero-order chi connectivity index (χ0) is 9.56. The van der Waals surface area contributed by atoms with E-state index >= 15 is 0 Å². The van der Waals surface area contributed by atoms with E-state index in [4.69, 9.17) is 4.74 Å². The molecule has 0 bridgehead atoms. The van der Waals surface area contributed by atoms with Gasteiger partial charge < -0.3 is 10.1 Å². The first-order chi connectivity index (χ1) is 5.56. The summed E-state index contributed by atoms with van der Waals surface area (Å²) in [6.07, 6.45) is 0.722. The van der Waals surface area contributed by atoms with Crippen molar-refractivity contribution in [1.29, 1.82) is 0 Å². The van der Waals surface area contributed by atoms with Gasteiger partial charge in [0.1, 0.15) is 0 Å². The van der Waals surface area contributed by atoms with E-state index in [9.17, 15) is 4.79 Å². The van der Waals surface area contributed by atoms with Gasteiger partial charge in [0.2, 0.25) is 0 Å². The van der Waals surface area contributed by atoms with Crippen molar-refractivity contribution in [2.45, 2.75) is 40.2 Å². The van der Waals surface area contributed by atoms with E-state index in [0.717, 1.165) is 6.42 Å². The van der Waals surface area contributed by atoms with Crippen LogP contribution in [0, 0.1) is 5.92 Å². The summed E-state index contributed by atoms with van der Waals surface area (Å²) >= 11 is 0. The summed E-state index contributed by atoms with van der Waals surface area (Å²) in [4.78, 5) is 10.9. The Labute approximate surface area is 76.0 Å². The molecule has 0 aliphatic carbocycles. The lowest BCUT2D eigenvalue weighted by atomic mass is 10.1. The summed E-state index contributed by atoms with van der Waals surface area (Å²) in [7, 11) is 0. The number of nitrogens with one attached hydrogen (secondary N) is 1. The summed E-state index contributed by atoms with van der Waals surface area (Å²) < 4.78 is 4.96. The molecule has 1 amide bonds. The number of ether oxygens (including phenoxy) is 1. The van der Waals surface area contributed by atoms with E-state index in [-0.39, 0.29) is 13.6 Å². The smallest absolute Gasteiger partial charge is 0.407 e. The largest absolute Gasteiger partial charge is 0.449 e. The van der Waals surface area contributed by atoms with Crippen molar-refractivity contribution in [1.82, 2.24) is 5.32 Å². The Morgan fingerprint density at radius 3 is 2.50 bits per heavy atom. The molecule has 12 heavy (non-hydrogen) atoms. The second-order valence-corrected chi connectivity index (χ2v) is 3.41. The number of hydrogen-bond acceptors (Lipinski definition) is 2. The minimum absolute atomic E-state index is 0. The van der Waals surface area contributed by atoms with Crippen molar-refractivity contribution in [2.24, 2.45) is 5.92 Å². The SMILES string of the molecule is CCC(C)COC(=O)NC(C)C.[HH]. The van der Waals surface area contributed by atoms with E-state index in [0.29, 0.717) is 12.5 Å². The molecule has 1 atom stereocenters. The number of hydrogen-bond donors (Lipinski definition) is 1. The van der Waals surface area contributed by atoms with Crippen molar-refractivity contribution in [2.75, 3.05) is 6.61 Å². The van der Waals surface area contributed by atoms with Crippen LogP contribution in [0.2, 0.25) is 0 Å². The topological polar surface area (TPSA) is 38.3 Å². The molecule has 0 fully saturated rings. The van der Waals surface area contributed by atoms with Gasteiger partial charge in [-0.05, 0) is 19.8 Å². The predicted octanol–water partition coefficient (Wildman–Crippen LogP) is 2.41. The zero-order valence-electron chi connectivity index (χ0n) is 8.39. The van der Waals surface area contributed by atoms with Crippen LogP contribution in [-0.4, -0.2) is 18.7 Å². The first-order valence-corrected chi connectivity index (χ1v) is 4.49. The second-order valence-electron chi connectivity index (χ2n) is 3.41. The lowest BCUT2D eigenvalue weighted by Crippen LogP contribution is -2.31. The van der Waals surface area contributed by atoms with Crippen LogP contribution in [0.5, 0.6) is 0 Å². The molecule has 0 aromatic rings. The summed E-state index contributed by atoms with van der Waals surface area (Å²) in [5.74, 6) is 0.447. The molecule has 0 rings (SSSR count). The van der Waals surface area contributed by atoms with Gasteiger partial charge in [-0.3, -0.25) is 0 Å². The standard InChI is InChI=1S/C9H19NO2.H2/c1-5-8(4)6-12-9(11)10-7(2)3;/h7-8H,5-6H2,1-4H3,(H,10,11);1H. The Morgan fingerprint density at radius 2 is 2.08 bits per heavy atom. The fraction of sp³-hybridized carbons (Fsp3) is 0.889. The van der Waals surface area contributed by atoms with Gasteiger partial charge in [-0.25, -0.2) is 4.79 Å². The van der Waals surface area contributed by atoms with Crippen molar-refractivity contribution in [3.05, 3.63) is 0 Å². The Morgan fingerprint density at radius 1 is 1.50 bits per heavy atom. The minimum Gasteiger partial charge on any atom is -0.449 e. The van der Waals surface area contributed by atoms with E-state index in [1.807, 2.05) is 13.8 Å². The maximum absolute atomic E-state index is 10.9. The highest BCUT2D eigenvalue weighted by atomic mass is 16.5. The highest BCUT2D eigenvalue weighted by Gasteiger charge is 2.05. The molecule has 0 saturated carbocycles. The molecule has 0 radical (unpaired) electrons. The van der Waals surface area contributed by atoms with Crippen LogP contribution < -0.4 is 5.32 Å². The van der Waals surface area contributed by atoms with Crippen molar-refractivity contribution >= 4 is 6.09 Å². The van der Waals surface area contributed by atoms with Crippen molar-refractivity contribution in [3.63, 3.8) is 0 Å². The third kappa shape index (κ3) is 6.01. The monoisotopic (exact) mass is 175 g/mol. The highest BCUT2D eigenvalue weighted by Crippen LogP contribution is 2.00. The molecule has 0 aromatic carbocycles. The molecule has 0 saturated heterocycles. The normalized spacial score (nSPS) is 12.8. The van der Waals surface area contributed by atoms with Crippen LogP contribution >= 0.6 is 0 Å². The van der Waals surface area contributed by atoms with Crippen molar-refractivity contribution in [3.8, 4) is 0 Å². The van der Waals surface area contributed by atoms with Crippen LogP contribution in [0.25, 0.3) is 0 Å². The zero-order valence-corrected chi connectivity index (χ0v) is 8.39. The minimum atomic E-state index is -0.315. The van der Waals surface area contributed by atoms with E-state index in [1.54, 1.807) is 0 Å². The number of carbonyl (C=O) groups is 1. The third-order valence-corrected chi connectivity index (χ3v) is 1.60. The fourth-order valence-corrected chi connectivity index (χ4v) is 0.613. The Balaban J connectivity index is 0. The van der Waals surface area contributed by atoms with Crippen LogP contribution in [0.3, 0.4) is 0 Å². The number of alkyl carbamates (subject to hydrolysis) is 1. The average molecular weight is 175 g/mol. The van der Waals surface area contributed by atoms with Gasteiger partial charge in [-0.1, -0.05) is 20.3 Å². The number of amides is 1. The molecule has 0 aliphatic heterocycles. The number of carbonyl (C=O) groups excluding carboxylic acids is 1. The summed E-state index contributed by atoms with van der Waals surface area (Å²) in [6.45, 7) is 8.46. The molecule has 0 heterocycles. The highest BCUT2D eigenvalue weighted by molar-refractivity contribution is 5.67. The van der Waals surface area contributed by atoms with Crippen LogP contribution in [0.1, 0.15) is 35.5 Å². The quantitative estimate of drug-likeness (QED) is 0.712. The average Bonchev–Trinajstić information content (AvgIpc) is 1.99. The van der Waals surface area contributed by atoms with Crippen LogP contribution in [-0.2, 0) is 4.74 Å². The number of rotatable bonds is 4. The molecule has 0 aliphatic rings. The van der Waals surface area contributed by atoms with Crippen LogP contribution in [0.4, 0.5) is 4.79 Å². The van der Waals surface area contributed by atoms with Gasteiger partial charge in [0, 0.05) is 7.47 Å². The molecule has 0 aromatic heterocycles. The maximum Gasteiger partial charge on any atom is 0.407 e. The van der Waals surface area contributed by atoms with Gasteiger partial charge in [0.25, 0.3) is 0 Å². The van der Waals surface area contributed by atoms with E-state index in [2.05, 4.69) is 19.2 Å². The molecule has 1 unspecified atom stereocenters. The van der Waals surface area contributed by atoms with E-state index < -0.39 is 0 Å². The third-order valence-electron chi connectivity index (χ3n) is 1.60. The summed E-state index contributed by atoms with van der Waals surface area (Å²) in [6, 6.07) is 0.148.